The van der Waals surface area contributed by atoms with E-state index in [1.807, 2.05) is 87.3 Å². The maximum absolute atomic E-state index is 6.18. The first-order valence-electron chi connectivity index (χ1n) is 34.2. The van der Waals surface area contributed by atoms with E-state index >= 15 is 0 Å². The molecule has 3 aromatic carbocycles. The Morgan fingerprint density at radius 1 is 0.402 bits per heavy atom. The van der Waals surface area contributed by atoms with Crippen molar-refractivity contribution in [3.8, 4) is 84.8 Å². The van der Waals surface area contributed by atoms with Gasteiger partial charge in [0.05, 0.1) is 62.2 Å². The van der Waals surface area contributed by atoms with Gasteiger partial charge in [0, 0.05) is 99.2 Å². The number of methoxy groups -OCH3 is 3. The summed E-state index contributed by atoms with van der Waals surface area (Å²) < 4.78 is 32.0. The van der Waals surface area contributed by atoms with Gasteiger partial charge < -0.3 is 45.0 Å². The Morgan fingerprint density at radius 3 is 1.07 bits per heavy atom. The average Bonchev–Trinajstić information content (AvgIpc) is 1.59. The summed E-state index contributed by atoms with van der Waals surface area (Å²) in [6, 6.07) is 43.8. The highest BCUT2D eigenvalue weighted by Gasteiger charge is 2.47. The van der Waals surface area contributed by atoms with Crippen LogP contribution in [0.25, 0.3) is 67.5 Å². The van der Waals surface area contributed by atoms with E-state index in [0.717, 1.165) is 110 Å². The minimum Gasteiger partial charge on any atom is -0.495 e. The van der Waals surface area contributed by atoms with Crippen LogP contribution in [-0.2, 0) is 22.0 Å². The molecule has 12 aromatic rings. The monoisotopic (exact) mass is 1370 g/mol. The lowest BCUT2D eigenvalue weighted by Crippen LogP contribution is -2.31. The third-order valence-electron chi connectivity index (χ3n) is 19.2. The molecule has 21 heteroatoms. The van der Waals surface area contributed by atoms with Gasteiger partial charge in [-0.25, -0.2) is 0 Å². The molecule has 0 bridgehead atoms. The van der Waals surface area contributed by atoms with Crippen LogP contribution in [0.2, 0.25) is 0 Å². The summed E-state index contributed by atoms with van der Waals surface area (Å²) in [5, 5.41) is 12.3. The Morgan fingerprint density at radius 2 is 0.755 bits per heavy atom. The van der Waals surface area contributed by atoms with Crippen LogP contribution in [0.3, 0.4) is 0 Å². The van der Waals surface area contributed by atoms with Crippen molar-refractivity contribution in [2.24, 2.45) is 33.9 Å². The molecule has 0 aliphatic heterocycles. The predicted octanol–water partition coefficient (Wildman–Crippen LogP) is 16.0. The molecule has 9 aromatic heterocycles. The highest BCUT2D eigenvalue weighted by Crippen LogP contribution is 2.46. The summed E-state index contributed by atoms with van der Waals surface area (Å²) in [5.74, 6) is 5.68. The molecule has 2 aliphatic carbocycles. The summed E-state index contributed by atoms with van der Waals surface area (Å²) in [7, 11) is 4.94. The molecule has 2 fully saturated rings. The Labute approximate surface area is 595 Å². The molecule has 9 heterocycles. The molecule has 2 aliphatic rings. The number of pyridine rings is 6. The zero-order valence-electron chi connectivity index (χ0n) is 60.4. The van der Waals surface area contributed by atoms with Gasteiger partial charge in [-0.2, -0.15) is 15.0 Å². The fourth-order valence-corrected chi connectivity index (χ4v) is 12.5. The van der Waals surface area contributed by atoms with Crippen molar-refractivity contribution >= 4 is 0 Å². The largest absolute Gasteiger partial charge is 0.495 e. The molecule has 102 heavy (non-hydrogen) atoms. The summed E-state index contributed by atoms with van der Waals surface area (Å²) in [6.45, 7) is 23.7. The topological polar surface area (TPSA) is 300 Å². The zero-order chi connectivity index (χ0) is 72.4. The van der Waals surface area contributed by atoms with Crippen LogP contribution >= 0.6 is 0 Å². The summed E-state index contributed by atoms with van der Waals surface area (Å²) in [5.41, 5.74) is 31.8. The third kappa shape index (κ3) is 15.7. The highest BCUT2D eigenvalue weighted by molar-refractivity contribution is 5.67. The van der Waals surface area contributed by atoms with E-state index in [4.69, 9.17) is 59.9 Å². The molecular formula is C81H89N15O6. The fourth-order valence-electron chi connectivity index (χ4n) is 12.5. The Balaban J connectivity index is 0.000000144. The number of benzene rings is 3. The molecule has 0 spiro atoms. The van der Waals surface area contributed by atoms with Gasteiger partial charge in [0.15, 0.2) is 0 Å². The molecule has 0 radical (unpaired) electrons. The Kier molecular flexibility index (Phi) is 20.0. The second kappa shape index (κ2) is 28.7. The molecule has 3 atom stereocenters. The SMILES string of the molecule is COc1cncc(-c2ccc(C(C)(c3ccc(-c4noc(C5(N)CC5)n4)cn3)C(C)C)cc2)c1.COc1cncc(-c2ccc(C(c3ccc(-c4noc(C(C)(C)N)n4)cn3)C(C)(C)C)cc2)c1.COc1cncc(-c2ccc(C(c3ccc(-c4noc(C5(N)CC5)n4)cn3)C(C)(C)C)cc2)c1. The third-order valence-corrected chi connectivity index (χ3v) is 19.2. The van der Waals surface area contributed by atoms with Gasteiger partial charge >= 0.3 is 0 Å². The van der Waals surface area contributed by atoms with Crippen LogP contribution in [-0.4, -0.2) is 81.7 Å². The van der Waals surface area contributed by atoms with Crippen LogP contribution in [0.1, 0.15) is 165 Å². The van der Waals surface area contributed by atoms with E-state index in [1.165, 1.54) is 16.7 Å². The Bertz CT molecular complexity index is 4600. The van der Waals surface area contributed by atoms with Gasteiger partial charge in [-0.1, -0.05) is 144 Å². The van der Waals surface area contributed by atoms with Gasteiger partial charge in [0.2, 0.25) is 35.1 Å². The lowest BCUT2D eigenvalue weighted by atomic mass is 9.70. The second-order valence-electron chi connectivity index (χ2n) is 29.8. The van der Waals surface area contributed by atoms with E-state index < -0.39 is 16.6 Å². The van der Waals surface area contributed by atoms with E-state index in [1.54, 1.807) is 46.1 Å². The fraction of sp³-hybridized carbons (Fsp3) is 0.333. The van der Waals surface area contributed by atoms with Crippen molar-refractivity contribution in [3.05, 3.63) is 235 Å². The Hall–Kier alpha value is -10.7. The molecule has 6 N–H and O–H groups in total. The maximum atomic E-state index is 6.18. The molecule has 14 rings (SSSR count). The molecule has 0 saturated heterocycles. The number of ether oxygens (including phenoxy) is 3. The van der Waals surface area contributed by atoms with Gasteiger partial charge in [-0.15, -0.1) is 0 Å². The molecular weight excluding hydrogens is 1280 g/mol. The number of hydrogen-bond donors (Lipinski definition) is 3. The average molecular weight is 1370 g/mol. The first kappa shape index (κ1) is 71.1. The normalized spacial score (nSPS) is 15.0. The highest BCUT2D eigenvalue weighted by atomic mass is 16.5. The first-order chi connectivity index (χ1) is 48.7. The van der Waals surface area contributed by atoms with E-state index in [0.29, 0.717) is 41.1 Å². The quantitative estimate of drug-likeness (QED) is 0.0677. The maximum Gasteiger partial charge on any atom is 0.247 e. The number of rotatable bonds is 19. The van der Waals surface area contributed by atoms with E-state index in [-0.39, 0.29) is 28.1 Å². The minimum absolute atomic E-state index is 0.0369. The van der Waals surface area contributed by atoms with Gasteiger partial charge in [0.1, 0.15) is 17.2 Å². The molecule has 524 valence electrons. The van der Waals surface area contributed by atoms with Crippen LogP contribution < -0.4 is 31.4 Å². The molecule has 0 amide bonds. The van der Waals surface area contributed by atoms with Crippen LogP contribution in [0, 0.1) is 16.7 Å². The molecule has 21 nitrogen and oxygen atoms in total. The zero-order valence-corrected chi connectivity index (χ0v) is 60.4. The number of nitrogens with zero attached hydrogens (tertiary/aromatic N) is 12. The first-order valence-corrected chi connectivity index (χ1v) is 34.2. The molecule has 3 unspecified atom stereocenters. The van der Waals surface area contributed by atoms with Crippen LogP contribution in [0.15, 0.2) is 197 Å². The van der Waals surface area contributed by atoms with Crippen LogP contribution in [0.4, 0.5) is 0 Å². The lowest BCUT2D eigenvalue weighted by Gasteiger charge is -2.34. The van der Waals surface area contributed by atoms with Gasteiger partial charge in [-0.05, 0) is 151 Å². The number of aromatic nitrogens is 12. The van der Waals surface area contributed by atoms with Crippen molar-refractivity contribution in [1.29, 1.82) is 0 Å². The minimum atomic E-state index is -0.691. The number of hydrogen-bond acceptors (Lipinski definition) is 21. The summed E-state index contributed by atoms with van der Waals surface area (Å²) in [6.07, 6.45) is 19.6. The van der Waals surface area contributed by atoms with Crippen molar-refractivity contribution in [2.45, 2.75) is 136 Å². The second-order valence-corrected chi connectivity index (χ2v) is 29.8. The van der Waals surface area contributed by atoms with E-state index in [2.05, 4.69) is 193 Å². The van der Waals surface area contributed by atoms with Gasteiger partial charge in [0.25, 0.3) is 0 Å². The summed E-state index contributed by atoms with van der Waals surface area (Å²) >= 11 is 0. The smallest absolute Gasteiger partial charge is 0.247 e. The lowest BCUT2D eigenvalue weighted by molar-refractivity contribution is 0.312. The van der Waals surface area contributed by atoms with E-state index in [9.17, 15) is 0 Å². The molecule has 2 saturated carbocycles. The van der Waals surface area contributed by atoms with Gasteiger partial charge in [-0.3, -0.25) is 29.9 Å². The van der Waals surface area contributed by atoms with Crippen molar-refractivity contribution in [3.63, 3.8) is 0 Å². The van der Waals surface area contributed by atoms with Crippen molar-refractivity contribution in [1.82, 2.24) is 60.3 Å². The number of nitrogens with two attached hydrogens (primary N) is 3. The predicted molar refractivity (Wildman–Crippen MR) is 393 cm³/mol. The standard InChI is InChI=1S/2C27H29N5O2.C27H31N5O2/c1-17(2)26(3,21-8-5-18(6-9-21)20-13-22(33-4)16-29-14-20)23-10-7-19(15-30-23)24-31-25(34-32-24)27(28)11-12-27;1-26(2,3)23(18-7-5-17(6-8-18)20-13-21(33-4)16-29-14-20)22-10-9-19(15-30-22)24-31-25(34-32-24)27(28)11-12-27;1-26(2,3)23(18-9-7-17(8-10-18)20-13-21(33-6)16-29-14-20)22-12-11-19(15-30-22)24-31-25(34-32-24)27(4,5)28/h5-10,13-17H,11-12,28H2,1-4H3;5-10,13-16,23H,11-12,28H2,1-4H3;7-16,23H,28H2,1-6H3. The van der Waals surface area contributed by atoms with Crippen molar-refractivity contribution in [2.75, 3.05) is 21.3 Å². The summed E-state index contributed by atoms with van der Waals surface area (Å²) in [4.78, 5) is 40.7. The van der Waals surface area contributed by atoms with Crippen LogP contribution in [0.5, 0.6) is 17.2 Å². The van der Waals surface area contributed by atoms with Crippen molar-refractivity contribution < 1.29 is 27.8 Å².